The highest BCUT2D eigenvalue weighted by atomic mass is 79.9. The van der Waals surface area contributed by atoms with Gasteiger partial charge in [-0.25, -0.2) is 9.59 Å². The van der Waals surface area contributed by atoms with Crippen molar-refractivity contribution < 1.29 is 19.1 Å². The van der Waals surface area contributed by atoms with Gasteiger partial charge in [-0.1, -0.05) is 90.2 Å². The number of esters is 2. The summed E-state index contributed by atoms with van der Waals surface area (Å²) < 4.78 is 10.7. The standard InChI is InChI=1S/C24H38O4.BrH/c1-3-5-7-9-11-15-19-27-23(25)21-17-13-14-18-22(21)24(26)28-20-16-12-10-8-6-4-2;/h13-14,17-18H,3-12,15-16,19-20H2,1-2H3;1H. The Hall–Kier alpha value is -1.36. The van der Waals surface area contributed by atoms with Crippen molar-refractivity contribution in [1.82, 2.24) is 0 Å². The Labute approximate surface area is 187 Å². The molecule has 166 valence electrons. The molecular formula is C24H39BrO4. The number of halogens is 1. The van der Waals surface area contributed by atoms with Gasteiger partial charge in [0.15, 0.2) is 0 Å². The molecular weight excluding hydrogens is 432 g/mol. The Balaban J connectivity index is 0.00000784. The van der Waals surface area contributed by atoms with Gasteiger partial charge in [-0.15, -0.1) is 17.0 Å². The van der Waals surface area contributed by atoms with Crippen LogP contribution in [0.2, 0.25) is 0 Å². The number of rotatable bonds is 16. The van der Waals surface area contributed by atoms with Gasteiger partial charge in [0.2, 0.25) is 0 Å². The van der Waals surface area contributed by atoms with Crippen LogP contribution in [0.25, 0.3) is 0 Å². The highest BCUT2D eigenvalue weighted by Gasteiger charge is 2.18. The summed E-state index contributed by atoms with van der Waals surface area (Å²) in [5, 5.41) is 0. The number of ether oxygens (including phenoxy) is 2. The molecule has 1 aromatic carbocycles. The molecule has 0 fully saturated rings. The number of benzene rings is 1. The average molecular weight is 471 g/mol. The zero-order chi connectivity index (χ0) is 20.5. The summed E-state index contributed by atoms with van der Waals surface area (Å²) in [5.74, 6) is -0.888. The minimum Gasteiger partial charge on any atom is -0.462 e. The largest absolute Gasteiger partial charge is 0.462 e. The number of hydrogen-bond donors (Lipinski definition) is 0. The molecule has 1 rings (SSSR count). The van der Waals surface area contributed by atoms with E-state index in [2.05, 4.69) is 13.8 Å². The van der Waals surface area contributed by atoms with Crippen molar-refractivity contribution in [1.29, 1.82) is 0 Å². The molecule has 0 aliphatic carbocycles. The van der Waals surface area contributed by atoms with Gasteiger partial charge in [0.1, 0.15) is 0 Å². The molecule has 29 heavy (non-hydrogen) atoms. The molecule has 0 radical (unpaired) electrons. The molecule has 0 amide bonds. The van der Waals surface area contributed by atoms with Crippen molar-refractivity contribution in [2.24, 2.45) is 0 Å². The summed E-state index contributed by atoms with van der Waals surface area (Å²) in [6.45, 7) is 5.17. The van der Waals surface area contributed by atoms with Crippen LogP contribution in [0, 0.1) is 0 Å². The summed E-state index contributed by atoms with van der Waals surface area (Å²) in [5.41, 5.74) is 0.586. The van der Waals surface area contributed by atoms with Crippen LogP contribution in [-0.4, -0.2) is 25.2 Å². The molecule has 0 atom stereocenters. The zero-order valence-corrected chi connectivity index (χ0v) is 20.0. The van der Waals surface area contributed by atoms with Crippen molar-refractivity contribution in [3.05, 3.63) is 35.4 Å². The second kappa shape index (κ2) is 18.7. The quantitative estimate of drug-likeness (QED) is 0.188. The van der Waals surface area contributed by atoms with E-state index in [9.17, 15) is 9.59 Å². The van der Waals surface area contributed by atoms with E-state index >= 15 is 0 Å². The highest BCUT2D eigenvalue weighted by molar-refractivity contribution is 8.93. The van der Waals surface area contributed by atoms with Crippen molar-refractivity contribution in [2.45, 2.75) is 90.9 Å². The Bertz CT molecular complexity index is 511. The third-order valence-corrected chi connectivity index (χ3v) is 4.83. The van der Waals surface area contributed by atoms with E-state index in [1.54, 1.807) is 24.3 Å². The van der Waals surface area contributed by atoms with Crippen molar-refractivity contribution >= 4 is 28.9 Å². The Morgan fingerprint density at radius 1 is 0.621 bits per heavy atom. The first-order chi connectivity index (χ1) is 13.7. The highest BCUT2D eigenvalue weighted by Crippen LogP contribution is 2.14. The topological polar surface area (TPSA) is 52.6 Å². The van der Waals surface area contributed by atoms with Crippen LogP contribution < -0.4 is 0 Å². The number of hydrogen-bond acceptors (Lipinski definition) is 4. The SMILES string of the molecule is Br.CCCCCCCCOC(=O)c1ccccc1C(=O)OCCCCCCCC. The van der Waals surface area contributed by atoms with E-state index < -0.39 is 11.9 Å². The molecule has 0 unspecified atom stereocenters. The minimum absolute atomic E-state index is 0. The smallest absolute Gasteiger partial charge is 0.339 e. The molecule has 0 heterocycles. The van der Waals surface area contributed by atoms with Gasteiger partial charge in [0.25, 0.3) is 0 Å². The fraction of sp³-hybridized carbons (Fsp3) is 0.667. The van der Waals surface area contributed by atoms with Crippen LogP contribution in [0.3, 0.4) is 0 Å². The number of carbonyl (C=O) groups is 2. The molecule has 5 heteroatoms. The lowest BCUT2D eigenvalue weighted by molar-refractivity contribution is 0.0450. The lowest BCUT2D eigenvalue weighted by Gasteiger charge is -2.10. The van der Waals surface area contributed by atoms with Crippen molar-refractivity contribution in [3.63, 3.8) is 0 Å². The monoisotopic (exact) mass is 470 g/mol. The lowest BCUT2D eigenvalue weighted by Crippen LogP contribution is -2.15. The van der Waals surface area contributed by atoms with Gasteiger partial charge in [-0.3, -0.25) is 0 Å². The van der Waals surface area contributed by atoms with Crippen molar-refractivity contribution in [2.75, 3.05) is 13.2 Å². The van der Waals surface area contributed by atoms with Crippen LogP contribution in [0.15, 0.2) is 24.3 Å². The summed E-state index contributed by atoms with van der Waals surface area (Å²) in [6, 6.07) is 6.74. The molecule has 0 aromatic heterocycles. The molecule has 0 spiro atoms. The average Bonchev–Trinajstić information content (AvgIpc) is 2.72. The Morgan fingerprint density at radius 2 is 0.966 bits per heavy atom. The van der Waals surface area contributed by atoms with Gasteiger partial charge in [-0.2, -0.15) is 0 Å². The molecule has 4 nitrogen and oxygen atoms in total. The van der Waals surface area contributed by atoms with Gasteiger partial charge in [0.05, 0.1) is 24.3 Å². The second-order valence-corrected chi connectivity index (χ2v) is 7.35. The maximum absolute atomic E-state index is 12.4. The van der Waals surface area contributed by atoms with E-state index in [0.29, 0.717) is 24.3 Å². The first kappa shape index (κ1) is 27.6. The van der Waals surface area contributed by atoms with Crippen LogP contribution >= 0.6 is 17.0 Å². The molecule has 0 saturated heterocycles. The first-order valence-electron chi connectivity index (χ1n) is 11.1. The minimum atomic E-state index is -0.444. The van der Waals surface area contributed by atoms with Crippen LogP contribution in [0.1, 0.15) is 112 Å². The summed E-state index contributed by atoms with van der Waals surface area (Å²) in [4.78, 5) is 24.7. The molecule has 1 aromatic rings. The normalized spacial score (nSPS) is 10.3. The fourth-order valence-corrected chi connectivity index (χ4v) is 3.09. The van der Waals surface area contributed by atoms with Gasteiger partial charge >= 0.3 is 11.9 Å². The predicted molar refractivity (Wildman–Crippen MR) is 124 cm³/mol. The van der Waals surface area contributed by atoms with E-state index in [1.807, 2.05) is 0 Å². The molecule has 0 saturated carbocycles. The molecule has 0 bridgehead atoms. The molecule has 0 aliphatic rings. The van der Waals surface area contributed by atoms with E-state index in [4.69, 9.17) is 9.47 Å². The summed E-state index contributed by atoms with van der Waals surface area (Å²) in [7, 11) is 0. The fourth-order valence-electron chi connectivity index (χ4n) is 3.09. The summed E-state index contributed by atoms with van der Waals surface area (Å²) >= 11 is 0. The molecule has 0 aliphatic heterocycles. The van der Waals surface area contributed by atoms with E-state index in [-0.39, 0.29) is 17.0 Å². The number of unbranched alkanes of at least 4 members (excludes halogenated alkanes) is 10. The number of carbonyl (C=O) groups excluding carboxylic acids is 2. The van der Waals surface area contributed by atoms with Crippen LogP contribution in [-0.2, 0) is 9.47 Å². The van der Waals surface area contributed by atoms with Crippen LogP contribution in [0.5, 0.6) is 0 Å². The maximum Gasteiger partial charge on any atom is 0.339 e. The Kier molecular flexibility index (Phi) is 17.8. The second-order valence-electron chi connectivity index (χ2n) is 7.35. The predicted octanol–water partition coefficient (Wildman–Crippen LogP) is 7.30. The zero-order valence-electron chi connectivity index (χ0n) is 18.3. The van der Waals surface area contributed by atoms with Gasteiger partial charge in [0, 0.05) is 0 Å². The lowest BCUT2D eigenvalue weighted by atomic mass is 10.1. The Morgan fingerprint density at radius 3 is 1.34 bits per heavy atom. The van der Waals surface area contributed by atoms with E-state index in [1.165, 1.54) is 51.4 Å². The maximum atomic E-state index is 12.4. The van der Waals surface area contributed by atoms with Gasteiger partial charge in [-0.05, 0) is 25.0 Å². The third kappa shape index (κ3) is 12.7. The molecule has 0 N–H and O–H groups in total. The van der Waals surface area contributed by atoms with Gasteiger partial charge < -0.3 is 9.47 Å². The van der Waals surface area contributed by atoms with Crippen molar-refractivity contribution in [3.8, 4) is 0 Å². The van der Waals surface area contributed by atoms with E-state index in [0.717, 1.165) is 25.7 Å². The van der Waals surface area contributed by atoms with Crippen LogP contribution in [0.4, 0.5) is 0 Å². The first-order valence-corrected chi connectivity index (χ1v) is 11.1. The third-order valence-electron chi connectivity index (χ3n) is 4.83. The summed E-state index contributed by atoms with van der Waals surface area (Å²) in [6.07, 6.45) is 13.6.